The molecule has 0 spiro atoms. The van der Waals surface area contributed by atoms with Crippen LogP contribution in [0.1, 0.15) is 16.7 Å². The number of methoxy groups -OCH3 is 2. The fourth-order valence-corrected chi connectivity index (χ4v) is 2.74. The molecule has 4 heteroatoms. The Hall–Kier alpha value is -1.52. The number of benzene rings is 2. The molecule has 0 unspecified atom stereocenters. The van der Waals surface area contributed by atoms with Crippen LogP contribution in [-0.2, 0) is 17.9 Å². The molecule has 0 aliphatic rings. The van der Waals surface area contributed by atoms with E-state index < -0.39 is 0 Å². The van der Waals surface area contributed by atoms with Gasteiger partial charge in [0.25, 0.3) is 0 Å². The van der Waals surface area contributed by atoms with Gasteiger partial charge in [-0.15, -0.1) is 0 Å². The Kier molecular flexibility index (Phi) is 5.65. The summed E-state index contributed by atoms with van der Waals surface area (Å²) in [6.07, 6.45) is 0. The quantitative estimate of drug-likeness (QED) is 0.831. The molecule has 2 rings (SSSR count). The second-order valence-corrected chi connectivity index (χ2v) is 5.71. The molecule has 0 aliphatic heterocycles. The summed E-state index contributed by atoms with van der Waals surface area (Å²) in [6, 6.07) is 12.3. The zero-order chi connectivity index (χ0) is 15.2. The molecule has 0 atom stereocenters. The minimum atomic E-state index is 0.575. The van der Waals surface area contributed by atoms with Crippen LogP contribution in [0, 0.1) is 6.92 Å². The molecule has 21 heavy (non-hydrogen) atoms. The van der Waals surface area contributed by atoms with Gasteiger partial charge in [0, 0.05) is 29.4 Å². The molecular formula is C17H20BrNO2. The van der Waals surface area contributed by atoms with E-state index in [1.807, 2.05) is 18.2 Å². The average molecular weight is 350 g/mol. The standard InChI is InChI=1S/C17H20BrNO2/c1-12-9-13(7-8-17(12)21-3)10-19-16-6-4-5-15(18)14(16)11-20-2/h4-9,19H,10-11H2,1-3H3. The van der Waals surface area contributed by atoms with Crippen molar-refractivity contribution in [2.24, 2.45) is 0 Å². The Morgan fingerprint density at radius 3 is 2.62 bits per heavy atom. The molecule has 1 N–H and O–H groups in total. The Morgan fingerprint density at radius 2 is 1.95 bits per heavy atom. The van der Waals surface area contributed by atoms with Crippen LogP contribution >= 0.6 is 15.9 Å². The molecule has 2 aromatic carbocycles. The van der Waals surface area contributed by atoms with Gasteiger partial charge in [-0.05, 0) is 36.2 Å². The van der Waals surface area contributed by atoms with E-state index in [1.54, 1.807) is 14.2 Å². The second kappa shape index (κ2) is 7.48. The van der Waals surface area contributed by atoms with Gasteiger partial charge in [-0.2, -0.15) is 0 Å². The van der Waals surface area contributed by atoms with Gasteiger partial charge in [0.05, 0.1) is 13.7 Å². The third-order valence-corrected chi connectivity index (χ3v) is 4.09. The first-order valence-corrected chi connectivity index (χ1v) is 7.58. The van der Waals surface area contributed by atoms with Gasteiger partial charge in [0.2, 0.25) is 0 Å². The topological polar surface area (TPSA) is 30.5 Å². The lowest BCUT2D eigenvalue weighted by atomic mass is 10.1. The zero-order valence-electron chi connectivity index (χ0n) is 12.6. The van der Waals surface area contributed by atoms with E-state index in [-0.39, 0.29) is 0 Å². The first kappa shape index (κ1) is 15.9. The van der Waals surface area contributed by atoms with Gasteiger partial charge in [0.15, 0.2) is 0 Å². The number of halogens is 1. The summed E-state index contributed by atoms with van der Waals surface area (Å²) in [5.74, 6) is 0.918. The predicted molar refractivity (Wildman–Crippen MR) is 89.9 cm³/mol. The van der Waals surface area contributed by atoms with Gasteiger partial charge in [-0.1, -0.05) is 34.1 Å². The molecule has 0 amide bonds. The Bertz CT molecular complexity index is 614. The van der Waals surface area contributed by atoms with E-state index in [4.69, 9.17) is 9.47 Å². The van der Waals surface area contributed by atoms with E-state index in [1.165, 1.54) is 5.56 Å². The van der Waals surface area contributed by atoms with E-state index in [0.29, 0.717) is 6.61 Å². The Balaban J connectivity index is 2.13. The van der Waals surface area contributed by atoms with Crippen LogP contribution < -0.4 is 10.1 Å². The fourth-order valence-electron chi connectivity index (χ4n) is 2.26. The number of hydrogen-bond donors (Lipinski definition) is 1. The van der Waals surface area contributed by atoms with Crippen molar-refractivity contribution in [2.45, 2.75) is 20.1 Å². The van der Waals surface area contributed by atoms with E-state index in [2.05, 4.69) is 46.4 Å². The molecule has 0 aliphatic carbocycles. The summed E-state index contributed by atoms with van der Waals surface area (Å²) in [5, 5.41) is 3.47. The lowest BCUT2D eigenvalue weighted by molar-refractivity contribution is 0.185. The van der Waals surface area contributed by atoms with Gasteiger partial charge in [0.1, 0.15) is 5.75 Å². The van der Waals surface area contributed by atoms with E-state index in [9.17, 15) is 0 Å². The molecule has 0 radical (unpaired) electrons. The van der Waals surface area contributed by atoms with Crippen molar-refractivity contribution >= 4 is 21.6 Å². The number of hydrogen-bond acceptors (Lipinski definition) is 3. The maximum Gasteiger partial charge on any atom is 0.121 e. The van der Waals surface area contributed by atoms with Crippen molar-refractivity contribution < 1.29 is 9.47 Å². The third-order valence-electron chi connectivity index (χ3n) is 3.35. The van der Waals surface area contributed by atoms with Gasteiger partial charge in [-0.3, -0.25) is 0 Å². The monoisotopic (exact) mass is 349 g/mol. The maximum atomic E-state index is 5.29. The van der Waals surface area contributed by atoms with E-state index in [0.717, 1.165) is 33.6 Å². The second-order valence-electron chi connectivity index (χ2n) is 4.86. The van der Waals surface area contributed by atoms with Crippen LogP contribution in [0.15, 0.2) is 40.9 Å². The molecule has 0 bridgehead atoms. The van der Waals surface area contributed by atoms with Crippen LogP contribution in [0.25, 0.3) is 0 Å². The highest BCUT2D eigenvalue weighted by atomic mass is 79.9. The van der Waals surface area contributed by atoms with Crippen molar-refractivity contribution in [3.63, 3.8) is 0 Å². The molecule has 0 saturated heterocycles. The zero-order valence-corrected chi connectivity index (χ0v) is 14.2. The van der Waals surface area contributed by atoms with Crippen molar-refractivity contribution in [1.29, 1.82) is 0 Å². The highest BCUT2D eigenvalue weighted by molar-refractivity contribution is 9.10. The molecule has 112 valence electrons. The van der Waals surface area contributed by atoms with Crippen LogP contribution in [0.3, 0.4) is 0 Å². The van der Waals surface area contributed by atoms with Crippen molar-refractivity contribution in [3.8, 4) is 5.75 Å². The number of ether oxygens (including phenoxy) is 2. The van der Waals surface area contributed by atoms with Gasteiger partial charge >= 0.3 is 0 Å². The third kappa shape index (κ3) is 3.99. The summed E-state index contributed by atoms with van der Waals surface area (Å²) in [4.78, 5) is 0. The van der Waals surface area contributed by atoms with Crippen molar-refractivity contribution in [3.05, 3.63) is 57.6 Å². The maximum absolute atomic E-state index is 5.29. The molecule has 3 nitrogen and oxygen atoms in total. The largest absolute Gasteiger partial charge is 0.496 e. The number of aryl methyl sites for hydroxylation is 1. The Morgan fingerprint density at radius 1 is 1.14 bits per heavy atom. The number of rotatable bonds is 6. The van der Waals surface area contributed by atoms with Crippen molar-refractivity contribution in [1.82, 2.24) is 0 Å². The summed E-state index contributed by atoms with van der Waals surface area (Å²) >= 11 is 3.57. The molecule has 0 saturated carbocycles. The lowest BCUT2D eigenvalue weighted by Crippen LogP contribution is -2.04. The number of anilines is 1. The summed E-state index contributed by atoms with van der Waals surface area (Å²) in [5.41, 5.74) is 4.57. The highest BCUT2D eigenvalue weighted by Crippen LogP contribution is 2.26. The van der Waals surface area contributed by atoms with E-state index >= 15 is 0 Å². The molecule has 0 aromatic heterocycles. The summed E-state index contributed by atoms with van der Waals surface area (Å²) in [7, 11) is 3.40. The summed E-state index contributed by atoms with van der Waals surface area (Å²) in [6.45, 7) is 3.39. The Labute approximate surface area is 134 Å². The first-order chi connectivity index (χ1) is 10.2. The van der Waals surface area contributed by atoms with Crippen LogP contribution in [0.5, 0.6) is 5.75 Å². The van der Waals surface area contributed by atoms with Gasteiger partial charge in [-0.25, -0.2) is 0 Å². The fraction of sp³-hybridized carbons (Fsp3) is 0.294. The number of nitrogens with one attached hydrogen (secondary N) is 1. The molecular weight excluding hydrogens is 330 g/mol. The highest BCUT2D eigenvalue weighted by Gasteiger charge is 2.07. The van der Waals surface area contributed by atoms with Crippen LogP contribution in [0.4, 0.5) is 5.69 Å². The predicted octanol–water partition coefficient (Wildman–Crippen LogP) is 4.52. The van der Waals surface area contributed by atoms with Gasteiger partial charge < -0.3 is 14.8 Å². The first-order valence-electron chi connectivity index (χ1n) is 6.79. The SMILES string of the molecule is COCc1c(Br)cccc1NCc1ccc(OC)c(C)c1. The summed E-state index contributed by atoms with van der Waals surface area (Å²) < 4.78 is 11.6. The minimum absolute atomic E-state index is 0.575. The smallest absolute Gasteiger partial charge is 0.121 e. The lowest BCUT2D eigenvalue weighted by Gasteiger charge is -2.14. The molecule has 2 aromatic rings. The average Bonchev–Trinajstić information content (AvgIpc) is 2.48. The minimum Gasteiger partial charge on any atom is -0.496 e. The normalized spacial score (nSPS) is 10.5. The van der Waals surface area contributed by atoms with Crippen molar-refractivity contribution in [2.75, 3.05) is 19.5 Å². The van der Waals surface area contributed by atoms with Crippen LogP contribution in [0.2, 0.25) is 0 Å². The molecule has 0 fully saturated rings. The van der Waals surface area contributed by atoms with Crippen LogP contribution in [-0.4, -0.2) is 14.2 Å². The molecule has 0 heterocycles.